The number of rotatable bonds is 8. The Morgan fingerprint density at radius 1 is 1.19 bits per heavy atom. The quantitative estimate of drug-likeness (QED) is 0.567. The molecule has 8 nitrogen and oxygen atoms in total. The molecule has 3 aromatic rings. The lowest BCUT2D eigenvalue weighted by atomic mass is 10.2. The molecule has 0 bridgehead atoms. The van der Waals surface area contributed by atoms with Crippen molar-refractivity contribution in [3.8, 4) is 22.9 Å². The largest absolute Gasteiger partial charge is 0.497 e. The van der Waals surface area contributed by atoms with Crippen molar-refractivity contribution in [3.63, 3.8) is 0 Å². The third-order valence-electron chi connectivity index (χ3n) is 3.63. The van der Waals surface area contributed by atoms with Crippen molar-refractivity contribution in [2.24, 2.45) is 0 Å². The highest BCUT2D eigenvalue weighted by Crippen LogP contribution is 2.31. The van der Waals surface area contributed by atoms with E-state index in [-0.39, 0.29) is 24.9 Å². The fourth-order valence-electron chi connectivity index (χ4n) is 2.30. The maximum atomic E-state index is 11.8. The molecule has 136 valence electrons. The van der Waals surface area contributed by atoms with E-state index in [2.05, 4.69) is 10.1 Å². The van der Waals surface area contributed by atoms with Gasteiger partial charge in [0.1, 0.15) is 17.3 Å². The predicted octanol–water partition coefficient (Wildman–Crippen LogP) is 3.02. The maximum absolute atomic E-state index is 11.8. The Morgan fingerprint density at radius 3 is 2.81 bits per heavy atom. The molecule has 2 heterocycles. The van der Waals surface area contributed by atoms with Gasteiger partial charge in [0.15, 0.2) is 6.61 Å². The third kappa shape index (κ3) is 4.21. The Kier molecular flexibility index (Phi) is 5.52. The second-order valence-corrected chi connectivity index (χ2v) is 5.32. The Bertz CT molecular complexity index is 856. The van der Waals surface area contributed by atoms with Gasteiger partial charge in [0.05, 0.1) is 32.5 Å². The lowest BCUT2D eigenvalue weighted by Gasteiger charge is -2.07. The molecular weight excluding hydrogens is 340 g/mol. The van der Waals surface area contributed by atoms with Crippen molar-refractivity contribution in [1.82, 2.24) is 10.1 Å². The fourth-order valence-corrected chi connectivity index (χ4v) is 2.30. The molecule has 0 aliphatic carbocycles. The number of hydrogen-bond acceptors (Lipinski definition) is 8. The van der Waals surface area contributed by atoms with E-state index in [1.807, 2.05) is 0 Å². The molecule has 2 aromatic heterocycles. The van der Waals surface area contributed by atoms with Crippen molar-refractivity contribution >= 4 is 5.97 Å². The summed E-state index contributed by atoms with van der Waals surface area (Å²) in [6, 6.07) is 8.83. The zero-order chi connectivity index (χ0) is 18.4. The Hall–Kier alpha value is -3.29. The topological polar surface area (TPSA) is 96.8 Å². The van der Waals surface area contributed by atoms with Gasteiger partial charge in [0.25, 0.3) is 5.89 Å². The van der Waals surface area contributed by atoms with Crippen LogP contribution in [0.5, 0.6) is 11.5 Å². The number of hydrogen-bond donors (Lipinski definition) is 0. The average Bonchev–Trinajstić information content (AvgIpc) is 3.36. The van der Waals surface area contributed by atoms with Crippen LogP contribution in [0, 0.1) is 0 Å². The van der Waals surface area contributed by atoms with Crippen LogP contribution < -0.4 is 9.47 Å². The number of furan rings is 1. The third-order valence-corrected chi connectivity index (χ3v) is 3.63. The minimum absolute atomic E-state index is 0.0948. The zero-order valence-corrected chi connectivity index (χ0v) is 14.4. The summed E-state index contributed by atoms with van der Waals surface area (Å²) >= 11 is 0. The highest BCUT2D eigenvalue weighted by molar-refractivity contribution is 5.69. The summed E-state index contributed by atoms with van der Waals surface area (Å²) in [5.41, 5.74) is 0.646. The van der Waals surface area contributed by atoms with Gasteiger partial charge in [-0.2, -0.15) is 4.98 Å². The molecule has 0 saturated carbocycles. The minimum atomic E-state index is -0.372. The molecular formula is C18H18N2O6. The van der Waals surface area contributed by atoms with Gasteiger partial charge in [-0.3, -0.25) is 4.79 Å². The van der Waals surface area contributed by atoms with Gasteiger partial charge >= 0.3 is 5.97 Å². The molecule has 0 radical (unpaired) electrons. The minimum Gasteiger partial charge on any atom is -0.497 e. The number of carbonyl (C=O) groups is 1. The normalized spacial score (nSPS) is 10.5. The molecule has 0 amide bonds. The maximum Gasteiger partial charge on any atom is 0.306 e. The summed E-state index contributed by atoms with van der Waals surface area (Å²) in [6.45, 7) is -0.0948. The average molecular weight is 358 g/mol. The van der Waals surface area contributed by atoms with Gasteiger partial charge in [0, 0.05) is 12.5 Å². The fraction of sp³-hybridized carbons (Fsp3) is 0.278. The van der Waals surface area contributed by atoms with Crippen LogP contribution in [0.15, 0.2) is 45.5 Å². The molecule has 0 N–H and O–H groups in total. The SMILES string of the molecule is COc1ccc(-c2noc(COC(=O)CCc3ccco3)n2)c(OC)c1. The van der Waals surface area contributed by atoms with E-state index in [1.165, 1.54) is 0 Å². The highest BCUT2D eigenvalue weighted by Gasteiger charge is 2.15. The van der Waals surface area contributed by atoms with Gasteiger partial charge in [-0.25, -0.2) is 0 Å². The number of carbonyl (C=O) groups excluding carboxylic acids is 1. The summed E-state index contributed by atoms with van der Waals surface area (Å²) in [4.78, 5) is 16.0. The van der Waals surface area contributed by atoms with Crippen LogP contribution in [0.2, 0.25) is 0 Å². The van der Waals surface area contributed by atoms with Gasteiger partial charge in [-0.05, 0) is 24.3 Å². The Morgan fingerprint density at radius 2 is 2.08 bits per heavy atom. The van der Waals surface area contributed by atoms with E-state index in [4.69, 9.17) is 23.2 Å². The lowest BCUT2D eigenvalue weighted by molar-refractivity contribution is -0.145. The zero-order valence-electron chi connectivity index (χ0n) is 14.4. The van der Waals surface area contributed by atoms with E-state index >= 15 is 0 Å². The van der Waals surface area contributed by atoms with Crippen LogP contribution in [0.3, 0.4) is 0 Å². The first-order valence-electron chi connectivity index (χ1n) is 7.92. The van der Waals surface area contributed by atoms with Crippen LogP contribution in [-0.4, -0.2) is 30.3 Å². The van der Waals surface area contributed by atoms with Crippen LogP contribution in [-0.2, 0) is 22.6 Å². The summed E-state index contributed by atoms with van der Waals surface area (Å²) in [5, 5.41) is 3.90. The van der Waals surface area contributed by atoms with Gasteiger partial charge < -0.3 is 23.2 Å². The summed E-state index contributed by atoms with van der Waals surface area (Å²) in [5.74, 6) is 2.10. The molecule has 1 aromatic carbocycles. The smallest absolute Gasteiger partial charge is 0.306 e. The van der Waals surface area contributed by atoms with E-state index in [0.717, 1.165) is 5.76 Å². The van der Waals surface area contributed by atoms with Gasteiger partial charge in [-0.15, -0.1) is 0 Å². The Balaban J connectivity index is 1.58. The first-order chi connectivity index (χ1) is 12.7. The summed E-state index contributed by atoms with van der Waals surface area (Å²) in [7, 11) is 3.11. The van der Waals surface area contributed by atoms with Crippen molar-refractivity contribution in [1.29, 1.82) is 0 Å². The number of esters is 1. The number of nitrogens with zero attached hydrogens (tertiary/aromatic N) is 2. The van der Waals surface area contributed by atoms with E-state index in [9.17, 15) is 4.79 Å². The number of ether oxygens (including phenoxy) is 3. The summed E-state index contributed by atoms with van der Waals surface area (Å²) in [6.07, 6.45) is 2.25. The summed E-state index contributed by atoms with van der Waals surface area (Å²) < 4.78 is 25.9. The molecule has 26 heavy (non-hydrogen) atoms. The number of aryl methyl sites for hydroxylation is 1. The molecule has 0 saturated heterocycles. The van der Waals surface area contributed by atoms with E-state index in [1.54, 1.807) is 50.8 Å². The van der Waals surface area contributed by atoms with Crippen LogP contribution in [0.4, 0.5) is 0 Å². The molecule has 8 heteroatoms. The second kappa shape index (κ2) is 8.19. The molecule has 3 rings (SSSR count). The van der Waals surface area contributed by atoms with Crippen molar-refractivity contribution in [2.45, 2.75) is 19.4 Å². The van der Waals surface area contributed by atoms with Crippen LogP contribution >= 0.6 is 0 Å². The monoisotopic (exact) mass is 358 g/mol. The highest BCUT2D eigenvalue weighted by atomic mass is 16.6. The lowest BCUT2D eigenvalue weighted by Crippen LogP contribution is -2.05. The Labute approximate surface area is 149 Å². The van der Waals surface area contributed by atoms with Gasteiger partial charge in [0.2, 0.25) is 5.82 Å². The molecule has 0 fully saturated rings. The van der Waals surface area contributed by atoms with Crippen LogP contribution in [0.25, 0.3) is 11.4 Å². The molecule has 0 atom stereocenters. The van der Waals surface area contributed by atoms with Crippen molar-refractivity contribution in [3.05, 3.63) is 48.2 Å². The van der Waals surface area contributed by atoms with Crippen molar-refractivity contribution in [2.75, 3.05) is 14.2 Å². The first-order valence-corrected chi connectivity index (χ1v) is 7.92. The number of methoxy groups -OCH3 is 2. The van der Waals surface area contributed by atoms with Gasteiger partial charge in [-0.1, -0.05) is 5.16 Å². The number of aromatic nitrogens is 2. The van der Waals surface area contributed by atoms with Crippen molar-refractivity contribution < 1.29 is 27.9 Å². The molecule has 0 aliphatic rings. The van der Waals surface area contributed by atoms with Crippen LogP contribution in [0.1, 0.15) is 18.1 Å². The number of benzene rings is 1. The molecule has 0 spiro atoms. The predicted molar refractivity (Wildman–Crippen MR) is 89.7 cm³/mol. The van der Waals surface area contributed by atoms with E-state index < -0.39 is 0 Å². The second-order valence-electron chi connectivity index (χ2n) is 5.32. The van der Waals surface area contributed by atoms with E-state index in [0.29, 0.717) is 29.3 Å². The molecule has 0 unspecified atom stereocenters. The molecule has 0 aliphatic heterocycles. The first kappa shape index (κ1) is 17.5. The standard InChI is InChI=1S/C18H18N2O6/c1-22-13-5-7-14(15(10-13)23-2)18-19-16(26-20-18)11-25-17(21)8-6-12-4-3-9-24-12/h3-5,7,9-10H,6,8,11H2,1-2H3.